The second kappa shape index (κ2) is 6.41. The van der Waals surface area contributed by atoms with Crippen LogP contribution < -0.4 is 10.6 Å². The van der Waals surface area contributed by atoms with Crippen LogP contribution in [0.2, 0.25) is 0 Å². The minimum Gasteiger partial charge on any atom is -0.338 e. The van der Waals surface area contributed by atoms with Crippen LogP contribution in [0.1, 0.15) is 47.5 Å². The Morgan fingerprint density at radius 2 is 1.78 bits per heavy atom. The fourth-order valence-corrected chi connectivity index (χ4v) is 2.27. The third-order valence-electron chi connectivity index (χ3n) is 3.72. The fourth-order valence-electron chi connectivity index (χ4n) is 2.27. The standard InChI is InChI=1S/C14H29N3O/c1-11(2)10-15-13(18)16-14(5)6-8-17(9-7-14)12(3)4/h11-12H,6-10H2,1-5H3,(H2,15,16,18). The van der Waals surface area contributed by atoms with Gasteiger partial charge in [0.25, 0.3) is 0 Å². The van der Waals surface area contributed by atoms with Crippen LogP contribution >= 0.6 is 0 Å². The first-order valence-corrected chi connectivity index (χ1v) is 7.12. The van der Waals surface area contributed by atoms with Crippen molar-refractivity contribution in [1.29, 1.82) is 0 Å². The number of likely N-dealkylation sites (tertiary alicyclic amines) is 1. The number of hydrogen-bond donors (Lipinski definition) is 2. The monoisotopic (exact) mass is 255 g/mol. The van der Waals surface area contributed by atoms with E-state index in [9.17, 15) is 4.79 Å². The van der Waals surface area contributed by atoms with Crippen molar-refractivity contribution in [3.8, 4) is 0 Å². The Labute approximate surface area is 111 Å². The van der Waals surface area contributed by atoms with Gasteiger partial charge >= 0.3 is 6.03 Å². The number of nitrogens with one attached hydrogen (secondary N) is 2. The van der Waals surface area contributed by atoms with E-state index in [2.05, 4.69) is 50.2 Å². The molecule has 1 aliphatic rings. The average Bonchev–Trinajstić information content (AvgIpc) is 2.26. The Morgan fingerprint density at radius 1 is 1.22 bits per heavy atom. The highest BCUT2D eigenvalue weighted by molar-refractivity contribution is 5.74. The molecule has 1 aliphatic heterocycles. The Bertz CT molecular complexity index is 268. The number of rotatable bonds is 4. The first kappa shape index (κ1) is 15.3. The van der Waals surface area contributed by atoms with Gasteiger partial charge in [-0.3, -0.25) is 0 Å². The lowest BCUT2D eigenvalue weighted by Crippen LogP contribution is -2.56. The van der Waals surface area contributed by atoms with Gasteiger partial charge in [-0.1, -0.05) is 13.8 Å². The van der Waals surface area contributed by atoms with Gasteiger partial charge in [-0.25, -0.2) is 4.79 Å². The number of urea groups is 1. The Kier molecular flexibility index (Phi) is 5.45. The molecule has 0 aromatic rings. The molecule has 0 aliphatic carbocycles. The Hall–Kier alpha value is -0.770. The molecule has 1 rings (SSSR count). The maximum Gasteiger partial charge on any atom is 0.315 e. The molecule has 106 valence electrons. The number of nitrogens with zero attached hydrogens (tertiary/aromatic N) is 1. The van der Waals surface area contributed by atoms with E-state index in [1.807, 2.05) is 0 Å². The summed E-state index contributed by atoms with van der Waals surface area (Å²) in [6, 6.07) is 0.577. The predicted molar refractivity (Wildman–Crippen MR) is 75.7 cm³/mol. The molecule has 4 nitrogen and oxygen atoms in total. The van der Waals surface area contributed by atoms with Crippen LogP contribution in [0.3, 0.4) is 0 Å². The normalized spacial score (nSPS) is 20.2. The van der Waals surface area contributed by atoms with E-state index in [4.69, 9.17) is 0 Å². The highest BCUT2D eigenvalue weighted by Gasteiger charge is 2.32. The highest BCUT2D eigenvalue weighted by Crippen LogP contribution is 2.22. The van der Waals surface area contributed by atoms with Crippen LogP contribution in [0.25, 0.3) is 0 Å². The van der Waals surface area contributed by atoms with Gasteiger partial charge in [0.2, 0.25) is 0 Å². The molecule has 0 aromatic heterocycles. The van der Waals surface area contributed by atoms with Gasteiger partial charge in [-0.2, -0.15) is 0 Å². The number of amides is 2. The summed E-state index contributed by atoms with van der Waals surface area (Å²) >= 11 is 0. The zero-order valence-corrected chi connectivity index (χ0v) is 12.5. The predicted octanol–water partition coefficient (Wildman–Crippen LogP) is 2.20. The second-order valence-corrected chi connectivity index (χ2v) is 6.42. The van der Waals surface area contributed by atoms with Gasteiger partial charge in [0.1, 0.15) is 0 Å². The van der Waals surface area contributed by atoms with Crippen molar-refractivity contribution in [2.45, 2.75) is 59.0 Å². The van der Waals surface area contributed by atoms with Crippen LogP contribution in [0.5, 0.6) is 0 Å². The van der Waals surface area contributed by atoms with Gasteiger partial charge < -0.3 is 15.5 Å². The molecule has 4 heteroatoms. The summed E-state index contributed by atoms with van der Waals surface area (Å²) in [6.45, 7) is 13.7. The number of piperidine rings is 1. The largest absolute Gasteiger partial charge is 0.338 e. The summed E-state index contributed by atoms with van der Waals surface area (Å²) in [7, 11) is 0. The minimum absolute atomic E-state index is 0.0239. The Morgan fingerprint density at radius 3 is 2.22 bits per heavy atom. The van der Waals surface area contributed by atoms with Crippen LogP contribution in [-0.4, -0.2) is 42.1 Å². The minimum atomic E-state index is -0.0492. The third-order valence-corrected chi connectivity index (χ3v) is 3.72. The summed E-state index contributed by atoms with van der Waals surface area (Å²) in [5.41, 5.74) is -0.0492. The molecule has 1 fully saturated rings. The number of carbonyl (C=O) groups is 1. The molecular weight excluding hydrogens is 226 g/mol. The van der Waals surface area contributed by atoms with Crippen molar-refractivity contribution in [1.82, 2.24) is 15.5 Å². The topological polar surface area (TPSA) is 44.4 Å². The molecule has 0 radical (unpaired) electrons. The van der Waals surface area contributed by atoms with Crippen molar-refractivity contribution < 1.29 is 4.79 Å². The van der Waals surface area contributed by atoms with Gasteiger partial charge in [-0.05, 0) is 39.5 Å². The summed E-state index contributed by atoms with van der Waals surface area (Å²) in [4.78, 5) is 14.3. The van der Waals surface area contributed by atoms with Crippen molar-refractivity contribution in [3.63, 3.8) is 0 Å². The van der Waals surface area contributed by atoms with Crippen molar-refractivity contribution in [2.24, 2.45) is 5.92 Å². The first-order valence-electron chi connectivity index (χ1n) is 7.12. The lowest BCUT2D eigenvalue weighted by molar-refractivity contribution is 0.122. The average molecular weight is 255 g/mol. The molecule has 0 atom stereocenters. The third kappa shape index (κ3) is 4.84. The van der Waals surface area contributed by atoms with Gasteiger partial charge in [0.15, 0.2) is 0 Å². The van der Waals surface area contributed by atoms with Crippen LogP contribution in [-0.2, 0) is 0 Å². The van der Waals surface area contributed by atoms with Crippen LogP contribution in [0.4, 0.5) is 4.79 Å². The van der Waals surface area contributed by atoms with Crippen LogP contribution in [0, 0.1) is 5.92 Å². The zero-order valence-electron chi connectivity index (χ0n) is 12.5. The Balaban J connectivity index is 2.36. The molecule has 1 heterocycles. The quantitative estimate of drug-likeness (QED) is 0.809. The van der Waals surface area contributed by atoms with E-state index in [-0.39, 0.29) is 11.6 Å². The molecule has 0 bridgehead atoms. The fraction of sp³-hybridized carbons (Fsp3) is 0.929. The smallest absolute Gasteiger partial charge is 0.315 e. The van der Waals surface area contributed by atoms with Crippen molar-refractivity contribution >= 4 is 6.03 Å². The molecular formula is C14H29N3O. The zero-order chi connectivity index (χ0) is 13.8. The molecule has 2 N–H and O–H groups in total. The van der Waals surface area contributed by atoms with E-state index >= 15 is 0 Å². The van der Waals surface area contributed by atoms with Gasteiger partial charge in [0, 0.05) is 31.2 Å². The lowest BCUT2D eigenvalue weighted by atomic mass is 9.89. The summed E-state index contributed by atoms with van der Waals surface area (Å²) in [6.07, 6.45) is 2.06. The van der Waals surface area contributed by atoms with E-state index in [0.29, 0.717) is 12.0 Å². The first-order chi connectivity index (χ1) is 8.32. The van der Waals surface area contributed by atoms with E-state index in [1.165, 1.54) is 0 Å². The van der Waals surface area contributed by atoms with Crippen molar-refractivity contribution in [2.75, 3.05) is 19.6 Å². The molecule has 0 unspecified atom stereocenters. The molecule has 2 amide bonds. The lowest BCUT2D eigenvalue weighted by Gasteiger charge is -2.41. The molecule has 0 aromatic carbocycles. The van der Waals surface area contributed by atoms with E-state index in [1.54, 1.807) is 0 Å². The van der Waals surface area contributed by atoms with Crippen molar-refractivity contribution in [3.05, 3.63) is 0 Å². The number of hydrogen-bond acceptors (Lipinski definition) is 2. The molecule has 0 saturated carbocycles. The SMILES string of the molecule is CC(C)CNC(=O)NC1(C)CCN(C(C)C)CC1. The maximum absolute atomic E-state index is 11.8. The second-order valence-electron chi connectivity index (χ2n) is 6.42. The summed E-state index contributed by atoms with van der Waals surface area (Å²) in [5, 5.41) is 6.06. The molecule has 0 spiro atoms. The molecule has 18 heavy (non-hydrogen) atoms. The van der Waals surface area contributed by atoms with Gasteiger partial charge in [0.05, 0.1) is 0 Å². The van der Waals surface area contributed by atoms with Crippen LogP contribution in [0.15, 0.2) is 0 Å². The molecule has 1 saturated heterocycles. The maximum atomic E-state index is 11.8. The van der Waals surface area contributed by atoms with Gasteiger partial charge in [-0.15, -0.1) is 0 Å². The summed E-state index contributed by atoms with van der Waals surface area (Å²) < 4.78 is 0. The van der Waals surface area contributed by atoms with E-state index in [0.717, 1.165) is 32.5 Å². The highest BCUT2D eigenvalue weighted by atomic mass is 16.2. The van der Waals surface area contributed by atoms with E-state index < -0.39 is 0 Å². The number of carbonyl (C=O) groups excluding carboxylic acids is 1. The summed E-state index contributed by atoms with van der Waals surface area (Å²) in [5.74, 6) is 0.492.